The average Bonchev–Trinajstić information content (AvgIpc) is 3.20. The van der Waals surface area contributed by atoms with Crippen LogP contribution in [0.15, 0.2) is 66.4 Å². The van der Waals surface area contributed by atoms with Crippen molar-refractivity contribution in [3.05, 3.63) is 72.0 Å². The lowest BCUT2D eigenvalue weighted by atomic mass is 9.95. The predicted octanol–water partition coefficient (Wildman–Crippen LogP) is 5.50. The van der Waals surface area contributed by atoms with Crippen LogP contribution in [0.2, 0.25) is 0 Å². The van der Waals surface area contributed by atoms with Crippen LogP contribution in [0.25, 0.3) is 5.57 Å². The average molecular weight is 491 g/mol. The number of carbonyl (C=O) groups excluding carboxylic acids is 2. The van der Waals surface area contributed by atoms with Gasteiger partial charge in [0.2, 0.25) is 5.69 Å². The van der Waals surface area contributed by atoms with E-state index in [1.807, 2.05) is 16.7 Å². The number of rotatable bonds is 13. The van der Waals surface area contributed by atoms with Crippen LogP contribution in [0.4, 0.5) is 10.5 Å². The molecule has 1 aromatic rings. The normalized spacial score (nSPS) is 17.7. The maximum atomic E-state index is 12.1. The molecule has 3 rings (SSSR count). The van der Waals surface area contributed by atoms with Crippen molar-refractivity contribution in [1.29, 1.82) is 0 Å². The quantitative estimate of drug-likeness (QED) is 0.293. The van der Waals surface area contributed by atoms with Crippen LogP contribution in [0, 0.1) is 11.8 Å². The van der Waals surface area contributed by atoms with Crippen LogP contribution in [0.3, 0.4) is 0 Å². The number of nitrogens with one attached hydrogen (secondary N) is 1. The van der Waals surface area contributed by atoms with E-state index in [9.17, 15) is 9.59 Å². The summed E-state index contributed by atoms with van der Waals surface area (Å²) in [4.78, 5) is 25.7. The van der Waals surface area contributed by atoms with Gasteiger partial charge in [-0.15, -0.1) is 0 Å². The van der Waals surface area contributed by atoms with Crippen LogP contribution in [0.1, 0.15) is 45.6 Å². The number of amides is 1. The molecule has 0 saturated carbocycles. The van der Waals surface area contributed by atoms with Crippen molar-refractivity contribution in [1.82, 2.24) is 10.2 Å². The highest BCUT2D eigenvalue weighted by atomic mass is 16.5. The summed E-state index contributed by atoms with van der Waals surface area (Å²) in [6, 6.07) is 8.32. The zero-order valence-electron chi connectivity index (χ0n) is 21.9. The first-order valence-electron chi connectivity index (χ1n) is 12.9. The number of hydrogen-bond acceptors (Lipinski definition) is 4. The van der Waals surface area contributed by atoms with E-state index in [1.165, 1.54) is 16.7 Å². The molecule has 6 heteroatoms. The molecule has 1 aliphatic heterocycles. The number of para-hydroxylation sites is 1. The molecule has 0 radical (unpaired) electrons. The second-order valence-corrected chi connectivity index (χ2v) is 9.71. The molecule has 2 unspecified atom stereocenters. The third-order valence-electron chi connectivity index (χ3n) is 6.69. The lowest BCUT2D eigenvalue weighted by molar-refractivity contribution is -0.344. The van der Waals surface area contributed by atoms with E-state index in [1.54, 1.807) is 13.0 Å². The van der Waals surface area contributed by atoms with Crippen LogP contribution >= 0.6 is 0 Å². The molecule has 0 saturated heterocycles. The Kier molecular flexibility index (Phi) is 10.4. The third kappa shape index (κ3) is 8.45. The second-order valence-electron chi connectivity index (χ2n) is 9.71. The molecule has 0 fully saturated rings. The number of benzene rings is 1. The zero-order valence-corrected chi connectivity index (χ0v) is 21.9. The molecule has 2 aliphatic rings. The Hall–Kier alpha value is -3.25. The minimum Gasteiger partial charge on any atom is -0.448 e. The fourth-order valence-electron chi connectivity index (χ4n) is 4.25. The van der Waals surface area contributed by atoms with E-state index >= 15 is 0 Å². The molecule has 1 amide bonds. The summed E-state index contributed by atoms with van der Waals surface area (Å²) in [5, 5.41) is 2.85. The Bertz CT molecular complexity index is 1070. The summed E-state index contributed by atoms with van der Waals surface area (Å²) < 4.78 is 7.40. The van der Waals surface area contributed by atoms with E-state index in [0.717, 1.165) is 38.0 Å². The van der Waals surface area contributed by atoms with Gasteiger partial charge in [-0.3, -0.25) is 9.69 Å². The molecule has 0 spiro atoms. The highest BCUT2D eigenvalue weighted by Gasteiger charge is 2.24. The van der Waals surface area contributed by atoms with Gasteiger partial charge in [-0.05, 0) is 49.3 Å². The van der Waals surface area contributed by atoms with Crippen LogP contribution in [-0.2, 0) is 9.53 Å². The molecule has 1 aliphatic carbocycles. The Morgan fingerprint density at radius 2 is 2.11 bits per heavy atom. The lowest BCUT2D eigenvalue weighted by Crippen LogP contribution is -2.34. The van der Waals surface area contributed by atoms with Gasteiger partial charge in [-0.2, -0.15) is 4.58 Å². The van der Waals surface area contributed by atoms with Gasteiger partial charge in [0.15, 0.2) is 12.0 Å². The summed E-state index contributed by atoms with van der Waals surface area (Å²) in [7, 11) is 0. The highest BCUT2D eigenvalue weighted by molar-refractivity contribution is 5.87. The van der Waals surface area contributed by atoms with Crippen molar-refractivity contribution in [3.63, 3.8) is 0 Å². The van der Waals surface area contributed by atoms with Gasteiger partial charge in [0, 0.05) is 37.8 Å². The Balaban J connectivity index is 1.58. The van der Waals surface area contributed by atoms with E-state index in [2.05, 4.69) is 73.4 Å². The van der Waals surface area contributed by atoms with Gasteiger partial charge in [-0.1, -0.05) is 56.7 Å². The monoisotopic (exact) mass is 490 g/mol. The lowest BCUT2D eigenvalue weighted by Gasteiger charge is -2.24. The van der Waals surface area contributed by atoms with Crippen molar-refractivity contribution >= 4 is 29.9 Å². The fraction of sp³-hybridized carbons (Fsp3) is 0.433. The number of alkyl carbamates (subject to hydrolysis) is 1. The molecule has 0 aromatic heterocycles. The number of carbonyl (C=O) groups is 2. The largest absolute Gasteiger partial charge is 0.448 e. The number of allylic oxidation sites excluding steroid dienone is 4. The van der Waals surface area contributed by atoms with Crippen molar-refractivity contribution in [2.45, 2.75) is 40.0 Å². The van der Waals surface area contributed by atoms with Crippen molar-refractivity contribution in [3.8, 4) is 0 Å². The summed E-state index contributed by atoms with van der Waals surface area (Å²) in [6.45, 7) is 13.1. The molecule has 0 bridgehead atoms. The number of ether oxygens (including phenoxy) is 1. The van der Waals surface area contributed by atoms with Gasteiger partial charge in [0.05, 0.1) is 5.56 Å². The molecule has 192 valence electrons. The highest BCUT2D eigenvalue weighted by Crippen LogP contribution is 2.34. The molecular formula is C30H40N3O3+. The van der Waals surface area contributed by atoms with Gasteiger partial charge in [0.25, 0.3) is 0 Å². The van der Waals surface area contributed by atoms with E-state index in [4.69, 9.17) is 4.74 Å². The standard InChI is InChI=1S/C30H39N3O3/c1-5-23(2)20-31-30(35)36-19-18-33(21-26-14-12-25(13-15-26)11-10-24(3)34)17-16-27-22-32(4)29-9-7-6-8-28(27)29/h6-12,14-15,22-23,25H,4-5,13,16-21H2,1-3H3/p+1. The first-order valence-corrected chi connectivity index (χ1v) is 12.9. The third-order valence-corrected chi connectivity index (χ3v) is 6.69. The fourth-order valence-corrected chi connectivity index (χ4v) is 4.25. The Labute approximate surface area is 215 Å². The van der Waals surface area contributed by atoms with Gasteiger partial charge >= 0.3 is 6.09 Å². The molecular weight excluding hydrogens is 450 g/mol. The molecule has 2 atom stereocenters. The minimum atomic E-state index is -0.354. The maximum absolute atomic E-state index is 12.1. The van der Waals surface area contributed by atoms with Gasteiger partial charge < -0.3 is 10.1 Å². The molecule has 1 aromatic carbocycles. The first kappa shape index (κ1) is 27.3. The van der Waals surface area contributed by atoms with Crippen molar-refractivity contribution in [2.75, 3.05) is 32.8 Å². The minimum absolute atomic E-state index is 0.0705. The van der Waals surface area contributed by atoms with Gasteiger partial charge in [0.1, 0.15) is 13.3 Å². The van der Waals surface area contributed by atoms with Crippen LogP contribution < -0.4 is 5.32 Å². The van der Waals surface area contributed by atoms with Crippen molar-refractivity contribution in [2.24, 2.45) is 11.8 Å². The van der Waals surface area contributed by atoms with E-state index in [0.29, 0.717) is 25.6 Å². The van der Waals surface area contributed by atoms with Crippen LogP contribution in [-0.4, -0.2) is 60.9 Å². The Morgan fingerprint density at radius 3 is 2.83 bits per heavy atom. The number of nitrogens with zero attached hydrogens (tertiary/aromatic N) is 2. The molecule has 36 heavy (non-hydrogen) atoms. The summed E-state index contributed by atoms with van der Waals surface area (Å²) >= 11 is 0. The smallest absolute Gasteiger partial charge is 0.407 e. The Morgan fingerprint density at radius 1 is 1.31 bits per heavy atom. The molecule has 6 nitrogen and oxygen atoms in total. The molecule has 1 N–H and O–H groups in total. The number of hydrogen-bond donors (Lipinski definition) is 1. The van der Waals surface area contributed by atoms with Crippen LogP contribution in [0.5, 0.6) is 0 Å². The topological polar surface area (TPSA) is 61.6 Å². The number of fused-ring (bicyclic) bond motifs is 1. The van der Waals surface area contributed by atoms with Crippen molar-refractivity contribution < 1.29 is 18.9 Å². The molecule has 1 heterocycles. The summed E-state index contributed by atoms with van der Waals surface area (Å²) in [5.74, 6) is 0.761. The SMILES string of the molecule is C=[N+]1C=C(CCN(CCOC(=O)NCC(C)CC)CC2=CCC(C=CC(C)=O)C=C2)c2ccccc21. The van der Waals surface area contributed by atoms with E-state index < -0.39 is 0 Å². The first-order chi connectivity index (χ1) is 17.4. The van der Waals surface area contributed by atoms with E-state index in [-0.39, 0.29) is 17.8 Å². The summed E-state index contributed by atoms with van der Waals surface area (Å²) in [5.41, 5.74) is 4.86. The summed E-state index contributed by atoms with van der Waals surface area (Å²) in [6.07, 6.45) is 14.7. The maximum Gasteiger partial charge on any atom is 0.407 e. The van der Waals surface area contributed by atoms with Gasteiger partial charge in [-0.25, -0.2) is 4.79 Å². The zero-order chi connectivity index (χ0) is 25.9. The second kappa shape index (κ2) is 13.7. The predicted molar refractivity (Wildman–Crippen MR) is 146 cm³/mol. The number of ketones is 1.